The molecule has 1 saturated heterocycles. The highest BCUT2D eigenvalue weighted by Crippen LogP contribution is 2.36. The van der Waals surface area contributed by atoms with E-state index in [1.807, 2.05) is 42.3 Å². The molecule has 1 atom stereocenters. The van der Waals surface area contributed by atoms with Crippen molar-refractivity contribution in [1.29, 1.82) is 0 Å². The number of aromatic nitrogens is 1. The Balaban J connectivity index is 1.23. The van der Waals surface area contributed by atoms with Crippen LogP contribution in [0.15, 0.2) is 115 Å². The van der Waals surface area contributed by atoms with Gasteiger partial charge in [0.25, 0.3) is 0 Å². The van der Waals surface area contributed by atoms with Crippen LogP contribution in [0, 0.1) is 5.82 Å². The summed E-state index contributed by atoms with van der Waals surface area (Å²) in [7, 11) is 2.02. The van der Waals surface area contributed by atoms with Crippen molar-refractivity contribution in [2.75, 3.05) is 26.2 Å². The minimum atomic E-state index is -0.281. The third kappa shape index (κ3) is 5.30. The maximum absolute atomic E-state index is 14.3. The third-order valence-corrected chi connectivity index (χ3v) is 8.20. The molecule has 1 aliphatic heterocycles. The van der Waals surface area contributed by atoms with E-state index in [-0.39, 0.29) is 23.7 Å². The molecule has 0 saturated carbocycles. The van der Waals surface area contributed by atoms with Gasteiger partial charge in [0.15, 0.2) is 0 Å². The molecule has 5 heteroatoms. The Kier molecular flexibility index (Phi) is 7.47. The summed E-state index contributed by atoms with van der Waals surface area (Å²) in [5.74, 6) is -0.400. The number of carbonyl (C=O) groups excluding carboxylic acids is 1. The van der Waals surface area contributed by atoms with Gasteiger partial charge in [0.05, 0.1) is 6.04 Å². The van der Waals surface area contributed by atoms with Crippen LogP contribution in [-0.2, 0) is 11.8 Å². The number of carbonyl (C=O) groups is 1. The quantitative estimate of drug-likeness (QED) is 0.232. The number of halogens is 1. The maximum atomic E-state index is 14.3. The number of piperazine rings is 1. The summed E-state index contributed by atoms with van der Waals surface area (Å²) in [6, 6.07) is 36.2. The Hall–Kier alpha value is -4.22. The van der Waals surface area contributed by atoms with Gasteiger partial charge in [-0.3, -0.25) is 9.69 Å². The molecule has 5 aromatic rings. The lowest BCUT2D eigenvalue weighted by Gasteiger charge is -2.40. The van der Waals surface area contributed by atoms with E-state index in [1.54, 1.807) is 12.1 Å². The summed E-state index contributed by atoms with van der Waals surface area (Å²) >= 11 is 0. The van der Waals surface area contributed by atoms with Gasteiger partial charge in [0, 0.05) is 62.7 Å². The molecule has 2 heterocycles. The van der Waals surface area contributed by atoms with Gasteiger partial charge in [-0.1, -0.05) is 91.0 Å². The van der Waals surface area contributed by atoms with E-state index in [0.717, 1.165) is 35.1 Å². The van der Waals surface area contributed by atoms with Crippen LogP contribution in [0.4, 0.5) is 4.39 Å². The molecule has 0 unspecified atom stereocenters. The molecule has 0 radical (unpaired) electrons. The Labute approximate surface area is 235 Å². The van der Waals surface area contributed by atoms with Crippen molar-refractivity contribution in [1.82, 2.24) is 14.4 Å². The van der Waals surface area contributed by atoms with Crippen molar-refractivity contribution >= 4 is 16.8 Å². The van der Waals surface area contributed by atoms with Crippen LogP contribution in [0.2, 0.25) is 0 Å². The first-order valence-electron chi connectivity index (χ1n) is 14.0. The molecule has 1 aromatic heterocycles. The molecule has 0 aliphatic carbocycles. The van der Waals surface area contributed by atoms with Crippen LogP contribution >= 0.6 is 0 Å². The lowest BCUT2D eigenvalue weighted by atomic mass is 9.87. The number of rotatable bonds is 7. The largest absolute Gasteiger partial charge is 0.350 e. The SMILES string of the molecule is Cn1cc([C@@H](CC(=O)N2CCN(C(c3ccccc3)c3ccccc3)CC2)c2cccc(F)c2)c2ccccc21. The minimum absolute atomic E-state index is 0.109. The predicted octanol–water partition coefficient (Wildman–Crippen LogP) is 6.77. The summed E-state index contributed by atoms with van der Waals surface area (Å²) < 4.78 is 16.4. The van der Waals surface area contributed by atoms with Gasteiger partial charge < -0.3 is 9.47 Å². The van der Waals surface area contributed by atoms with E-state index in [4.69, 9.17) is 0 Å². The Morgan fingerprint density at radius 1 is 0.750 bits per heavy atom. The smallest absolute Gasteiger partial charge is 0.223 e. The number of hydrogen-bond donors (Lipinski definition) is 0. The number of fused-ring (bicyclic) bond motifs is 1. The normalized spacial score (nSPS) is 15.0. The summed E-state index contributed by atoms with van der Waals surface area (Å²) in [6.07, 6.45) is 2.40. The average Bonchev–Trinajstić information content (AvgIpc) is 3.33. The number of hydrogen-bond acceptors (Lipinski definition) is 2. The maximum Gasteiger partial charge on any atom is 0.223 e. The highest BCUT2D eigenvalue weighted by atomic mass is 19.1. The molecular formula is C35H34FN3O. The van der Waals surface area contributed by atoms with Crippen LogP contribution in [-0.4, -0.2) is 46.5 Å². The molecule has 202 valence electrons. The monoisotopic (exact) mass is 531 g/mol. The molecule has 0 N–H and O–H groups in total. The topological polar surface area (TPSA) is 28.5 Å². The van der Waals surface area contributed by atoms with Crippen molar-refractivity contribution in [3.8, 4) is 0 Å². The Bertz CT molecular complexity index is 1550. The second kappa shape index (κ2) is 11.5. The zero-order chi connectivity index (χ0) is 27.5. The number of benzene rings is 4. The fraction of sp³-hybridized carbons (Fsp3) is 0.229. The molecule has 40 heavy (non-hydrogen) atoms. The zero-order valence-corrected chi connectivity index (χ0v) is 22.8. The van der Waals surface area contributed by atoms with E-state index in [9.17, 15) is 9.18 Å². The van der Waals surface area contributed by atoms with Crippen LogP contribution in [0.3, 0.4) is 0 Å². The fourth-order valence-electron chi connectivity index (χ4n) is 6.20. The van der Waals surface area contributed by atoms with Gasteiger partial charge >= 0.3 is 0 Å². The van der Waals surface area contributed by atoms with Crippen molar-refractivity contribution < 1.29 is 9.18 Å². The molecule has 1 fully saturated rings. The van der Waals surface area contributed by atoms with Crippen LogP contribution in [0.1, 0.15) is 40.6 Å². The highest BCUT2D eigenvalue weighted by molar-refractivity contribution is 5.86. The third-order valence-electron chi connectivity index (χ3n) is 8.20. The lowest BCUT2D eigenvalue weighted by Crippen LogP contribution is -2.50. The number of amides is 1. The van der Waals surface area contributed by atoms with Gasteiger partial charge in [0.1, 0.15) is 5.82 Å². The van der Waals surface area contributed by atoms with E-state index in [1.165, 1.54) is 17.2 Å². The standard InChI is InChI=1S/C35H34FN3O/c1-37-25-32(30-17-8-9-18-33(30)37)31(28-15-10-16-29(36)23-28)24-34(40)38-19-21-39(22-20-38)35(26-11-4-2-5-12-26)27-13-6-3-7-14-27/h2-18,23,25,31,35H,19-22,24H2,1H3/t31-/m0/s1. The average molecular weight is 532 g/mol. The molecule has 0 spiro atoms. The number of nitrogens with zero attached hydrogens (tertiary/aromatic N) is 3. The number of aryl methyl sites for hydroxylation is 1. The molecule has 1 aliphatic rings. The van der Waals surface area contributed by atoms with E-state index >= 15 is 0 Å². The lowest BCUT2D eigenvalue weighted by molar-refractivity contribution is -0.133. The highest BCUT2D eigenvalue weighted by Gasteiger charge is 2.30. The first-order valence-corrected chi connectivity index (χ1v) is 14.0. The Morgan fingerprint density at radius 2 is 1.35 bits per heavy atom. The van der Waals surface area contributed by atoms with Crippen molar-refractivity contribution in [2.45, 2.75) is 18.4 Å². The molecule has 0 bridgehead atoms. The molecular weight excluding hydrogens is 497 g/mol. The van der Waals surface area contributed by atoms with Crippen LogP contribution in [0.5, 0.6) is 0 Å². The minimum Gasteiger partial charge on any atom is -0.350 e. The first kappa shape index (κ1) is 26.0. The van der Waals surface area contributed by atoms with Gasteiger partial charge in [0.2, 0.25) is 5.91 Å². The van der Waals surface area contributed by atoms with E-state index in [2.05, 4.69) is 76.3 Å². The zero-order valence-electron chi connectivity index (χ0n) is 22.8. The summed E-state index contributed by atoms with van der Waals surface area (Å²) in [5.41, 5.74) is 5.51. The second-order valence-electron chi connectivity index (χ2n) is 10.7. The van der Waals surface area contributed by atoms with Crippen molar-refractivity contribution in [3.05, 3.63) is 143 Å². The van der Waals surface area contributed by atoms with E-state index < -0.39 is 0 Å². The van der Waals surface area contributed by atoms with Crippen LogP contribution in [0.25, 0.3) is 10.9 Å². The Morgan fingerprint density at radius 3 is 2.00 bits per heavy atom. The van der Waals surface area contributed by atoms with Gasteiger partial charge in [-0.25, -0.2) is 4.39 Å². The van der Waals surface area contributed by atoms with Crippen LogP contribution < -0.4 is 0 Å². The number of para-hydroxylation sites is 1. The van der Waals surface area contributed by atoms with Gasteiger partial charge in [-0.15, -0.1) is 0 Å². The molecule has 4 nitrogen and oxygen atoms in total. The fourth-order valence-corrected chi connectivity index (χ4v) is 6.20. The van der Waals surface area contributed by atoms with E-state index in [0.29, 0.717) is 19.5 Å². The molecule has 6 rings (SSSR count). The van der Waals surface area contributed by atoms with Crippen molar-refractivity contribution in [3.63, 3.8) is 0 Å². The molecule has 1 amide bonds. The van der Waals surface area contributed by atoms with Crippen molar-refractivity contribution in [2.24, 2.45) is 7.05 Å². The summed E-state index contributed by atoms with van der Waals surface area (Å²) in [5, 5.41) is 1.10. The second-order valence-corrected chi connectivity index (χ2v) is 10.7. The van der Waals surface area contributed by atoms with Gasteiger partial charge in [-0.05, 0) is 40.5 Å². The summed E-state index contributed by atoms with van der Waals surface area (Å²) in [4.78, 5) is 18.3. The predicted molar refractivity (Wildman–Crippen MR) is 159 cm³/mol. The first-order chi connectivity index (χ1) is 19.6. The van der Waals surface area contributed by atoms with Gasteiger partial charge in [-0.2, -0.15) is 0 Å². The molecule has 4 aromatic carbocycles. The summed E-state index contributed by atoms with van der Waals surface area (Å²) in [6.45, 7) is 2.92.